The molecule has 2 aromatic carbocycles. The molecule has 0 bridgehead atoms. The summed E-state index contributed by atoms with van der Waals surface area (Å²) in [6.45, 7) is 9.63. The largest absolute Gasteiger partial charge is 0.497 e. The van der Waals surface area contributed by atoms with E-state index in [0.717, 1.165) is 34.6 Å². The van der Waals surface area contributed by atoms with Gasteiger partial charge in [-0.2, -0.15) is 0 Å². The molecule has 0 unspecified atom stereocenters. The minimum Gasteiger partial charge on any atom is -0.497 e. The van der Waals surface area contributed by atoms with Gasteiger partial charge in [0.25, 0.3) is 0 Å². The van der Waals surface area contributed by atoms with Gasteiger partial charge in [0.05, 0.1) is 7.11 Å². The highest BCUT2D eigenvalue weighted by molar-refractivity contribution is 7.98. The van der Waals surface area contributed by atoms with Crippen molar-refractivity contribution in [2.45, 2.75) is 45.1 Å². The van der Waals surface area contributed by atoms with Gasteiger partial charge in [0.2, 0.25) is 0 Å². The monoisotopic (exact) mass is 381 g/mol. The number of nitrogens with zero attached hydrogens (tertiary/aromatic N) is 3. The van der Waals surface area contributed by atoms with E-state index in [2.05, 4.69) is 60.7 Å². The highest BCUT2D eigenvalue weighted by Crippen LogP contribution is 2.29. The summed E-state index contributed by atoms with van der Waals surface area (Å²) >= 11 is 1.75. The topological polar surface area (TPSA) is 39.9 Å². The molecular weight excluding hydrogens is 354 g/mol. The van der Waals surface area contributed by atoms with Crippen molar-refractivity contribution in [1.82, 2.24) is 14.8 Å². The molecule has 0 radical (unpaired) electrons. The summed E-state index contributed by atoms with van der Waals surface area (Å²) in [5.41, 5.74) is 5.02. The molecule has 0 atom stereocenters. The van der Waals surface area contributed by atoms with Crippen molar-refractivity contribution in [1.29, 1.82) is 0 Å². The third-order valence-electron chi connectivity index (χ3n) is 4.47. The van der Waals surface area contributed by atoms with Gasteiger partial charge in [-0.1, -0.05) is 49.4 Å². The maximum absolute atomic E-state index is 5.27. The van der Waals surface area contributed by atoms with E-state index < -0.39 is 0 Å². The van der Waals surface area contributed by atoms with E-state index in [9.17, 15) is 0 Å². The Bertz CT molecular complexity index is 900. The summed E-state index contributed by atoms with van der Waals surface area (Å²) < 4.78 is 7.50. The summed E-state index contributed by atoms with van der Waals surface area (Å²) in [6, 6.07) is 14.6. The van der Waals surface area contributed by atoms with E-state index in [-0.39, 0.29) is 0 Å². The Balaban J connectivity index is 1.88. The van der Waals surface area contributed by atoms with Crippen molar-refractivity contribution in [3.8, 4) is 17.1 Å². The van der Waals surface area contributed by atoms with E-state index in [1.165, 1.54) is 16.7 Å². The minimum atomic E-state index is 0.512. The van der Waals surface area contributed by atoms with E-state index in [4.69, 9.17) is 4.74 Å². The Kier molecular flexibility index (Phi) is 6.22. The second-order valence-electron chi connectivity index (χ2n) is 7.26. The molecule has 27 heavy (non-hydrogen) atoms. The van der Waals surface area contributed by atoms with Crippen LogP contribution in [0.3, 0.4) is 0 Å². The van der Waals surface area contributed by atoms with Crippen LogP contribution in [0.25, 0.3) is 11.4 Å². The quantitative estimate of drug-likeness (QED) is 0.505. The minimum absolute atomic E-state index is 0.512. The number of methoxy groups -OCH3 is 1. The molecule has 0 fully saturated rings. The maximum atomic E-state index is 5.27. The Hall–Kier alpha value is -2.27. The standard InChI is InChI=1S/C22H27N3OS/c1-15(2)13-25-21(18-8-10-20(26-5)11-9-18)23-24-22(25)27-14-19-12-16(3)6-7-17(19)4/h6-12,15H,13-14H2,1-5H3. The molecule has 1 heterocycles. The van der Waals surface area contributed by atoms with Gasteiger partial charge < -0.3 is 9.30 Å². The zero-order valence-corrected chi connectivity index (χ0v) is 17.5. The molecule has 4 nitrogen and oxygen atoms in total. The normalized spacial score (nSPS) is 11.2. The SMILES string of the molecule is COc1ccc(-c2nnc(SCc3cc(C)ccc3C)n2CC(C)C)cc1. The third kappa shape index (κ3) is 4.72. The molecule has 0 saturated heterocycles. The average Bonchev–Trinajstić information content (AvgIpc) is 3.04. The predicted octanol–water partition coefficient (Wildman–Crippen LogP) is 5.52. The predicted molar refractivity (Wildman–Crippen MR) is 112 cm³/mol. The molecule has 3 aromatic rings. The molecule has 1 aromatic heterocycles. The van der Waals surface area contributed by atoms with Gasteiger partial charge in [-0.3, -0.25) is 0 Å². The van der Waals surface area contributed by atoms with Crippen molar-refractivity contribution in [2.24, 2.45) is 5.92 Å². The molecule has 0 spiro atoms. The highest BCUT2D eigenvalue weighted by Gasteiger charge is 2.16. The lowest BCUT2D eigenvalue weighted by Crippen LogP contribution is -2.08. The molecule has 5 heteroatoms. The lowest BCUT2D eigenvalue weighted by molar-refractivity contribution is 0.415. The summed E-state index contributed by atoms with van der Waals surface area (Å²) in [5, 5.41) is 9.97. The van der Waals surface area contributed by atoms with E-state index >= 15 is 0 Å². The van der Waals surface area contributed by atoms with Gasteiger partial charge >= 0.3 is 0 Å². The van der Waals surface area contributed by atoms with Crippen LogP contribution in [0.1, 0.15) is 30.5 Å². The fourth-order valence-electron chi connectivity index (χ4n) is 2.98. The molecule has 0 amide bonds. The summed E-state index contributed by atoms with van der Waals surface area (Å²) in [6.07, 6.45) is 0. The number of benzene rings is 2. The van der Waals surface area contributed by atoms with Crippen LogP contribution in [0.2, 0.25) is 0 Å². The van der Waals surface area contributed by atoms with Crippen LogP contribution in [-0.4, -0.2) is 21.9 Å². The van der Waals surface area contributed by atoms with Crippen LogP contribution in [0.4, 0.5) is 0 Å². The van der Waals surface area contributed by atoms with Crippen molar-refractivity contribution < 1.29 is 4.74 Å². The van der Waals surface area contributed by atoms with E-state index in [0.29, 0.717) is 5.92 Å². The van der Waals surface area contributed by atoms with Gasteiger partial charge in [0.1, 0.15) is 5.75 Å². The number of hydrogen-bond acceptors (Lipinski definition) is 4. The Morgan fingerprint density at radius 1 is 1.04 bits per heavy atom. The van der Waals surface area contributed by atoms with Crippen LogP contribution in [0, 0.1) is 19.8 Å². The molecule has 0 aliphatic heterocycles. The Morgan fingerprint density at radius 2 is 1.78 bits per heavy atom. The Labute approximate surface area is 166 Å². The number of aromatic nitrogens is 3. The first-order valence-electron chi connectivity index (χ1n) is 9.24. The first-order chi connectivity index (χ1) is 13.0. The number of aryl methyl sites for hydroxylation is 2. The molecule has 0 aliphatic carbocycles. The van der Waals surface area contributed by atoms with Crippen LogP contribution < -0.4 is 4.74 Å². The summed E-state index contributed by atoms with van der Waals surface area (Å²) in [7, 11) is 1.68. The molecule has 3 rings (SSSR count). The fourth-order valence-corrected chi connectivity index (χ4v) is 3.99. The summed E-state index contributed by atoms with van der Waals surface area (Å²) in [4.78, 5) is 0. The lowest BCUT2D eigenvalue weighted by Gasteiger charge is -2.13. The zero-order chi connectivity index (χ0) is 19.4. The van der Waals surface area contributed by atoms with Crippen LogP contribution >= 0.6 is 11.8 Å². The van der Waals surface area contributed by atoms with Crippen molar-refractivity contribution >= 4 is 11.8 Å². The van der Waals surface area contributed by atoms with Crippen molar-refractivity contribution in [3.63, 3.8) is 0 Å². The molecule has 0 saturated carbocycles. The van der Waals surface area contributed by atoms with E-state index in [1.807, 2.05) is 24.3 Å². The molecular formula is C22H27N3OS. The van der Waals surface area contributed by atoms with Gasteiger partial charge in [0, 0.05) is 17.9 Å². The number of rotatable bonds is 7. The zero-order valence-electron chi connectivity index (χ0n) is 16.7. The van der Waals surface area contributed by atoms with Crippen molar-refractivity contribution in [3.05, 3.63) is 59.2 Å². The summed E-state index contributed by atoms with van der Waals surface area (Å²) in [5.74, 6) is 3.16. The second-order valence-corrected chi connectivity index (χ2v) is 8.20. The smallest absolute Gasteiger partial charge is 0.191 e. The fraction of sp³-hybridized carbons (Fsp3) is 0.364. The highest BCUT2D eigenvalue weighted by atomic mass is 32.2. The van der Waals surface area contributed by atoms with E-state index in [1.54, 1.807) is 18.9 Å². The third-order valence-corrected chi connectivity index (χ3v) is 5.49. The average molecular weight is 382 g/mol. The van der Waals surface area contributed by atoms with Crippen LogP contribution in [0.5, 0.6) is 5.75 Å². The molecule has 142 valence electrons. The van der Waals surface area contributed by atoms with Gasteiger partial charge in [-0.25, -0.2) is 0 Å². The van der Waals surface area contributed by atoms with Gasteiger partial charge in [0.15, 0.2) is 11.0 Å². The van der Waals surface area contributed by atoms with Crippen LogP contribution in [-0.2, 0) is 12.3 Å². The maximum Gasteiger partial charge on any atom is 0.191 e. The van der Waals surface area contributed by atoms with Gasteiger partial charge in [-0.05, 0) is 55.2 Å². The van der Waals surface area contributed by atoms with Gasteiger partial charge in [-0.15, -0.1) is 10.2 Å². The molecule has 0 aliphatic rings. The number of thioether (sulfide) groups is 1. The number of ether oxygens (including phenoxy) is 1. The lowest BCUT2D eigenvalue weighted by atomic mass is 10.1. The first-order valence-corrected chi connectivity index (χ1v) is 10.2. The van der Waals surface area contributed by atoms with Crippen molar-refractivity contribution in [2.75, 3.05) is 7.11 Å². The molecule has 0 N–H and O–H groups in total. The second kappa shape index (κ2) is 8.61. The van der Waals surface area contributed by atoms with Crippen LogP contribution in [0.15, 0.2) is 47.6 Å². The Morgan fingerprint density at radius 3 is 2.44 bits per heavy atom. The number of hydrogen-bond donors (Lipinski definition) is 0. The first kappa shape index (κ1) is 19.5.